The van der Waals surface area contributed by atoms with Crippen LogP contribution >= 0.6 is 54.5 Å². The lowest BCUT2D eigenvalue weighted by Crippen LogP contribution is -2.11. The second-order valence-corrected chi connectivity index (χ2v) is 9.54. The predicted octanol–water partition coefficient (Wildman–Crippen LogP) is 5.38. The molecule has 0 saturated heterocycles. The molecule has 0 bridgehead atoms. The SMILES string of the molecule is CC1(C)[C@H](C(=O)OCc2cccc(I)c2F)[C@@H]1C=C(Br)Br. The molecule has 2 nitrogen and oxygen atoms in total. The van der Waals surface area contributed by atoms with E-state index in [2.05, 4.69) is 31.9 Å². The number of ether oxygens (including phenoxy) is 1. The van der Waals surface area contributed by atoms with Crippen molar-refractivity contribution in [3.05, 3.63) is 42.6 Å². The van der Waals surface area contributed by atoms with Gasteiger partial charge in [0.15, 0.2) is 0 Å². The third kappa shape index (κ3) is 3.88. The lowest BCUT2D eigenvalue weighted by atomic mass is 10.1. The summed E-state index contributed by atoms with van der Waals surface area (Å²) in [6.45, 7) is 4.02. The zero-order valence-corrected chi connectivity index (χ0v) is 16.8. The maximum absolute atomic E-state index is 13.8. The minimum atomic E-state index is -0.319. The third-order valence-electron chi connectivity index (χ3n) is 3.87. The molecule has 0 N–H and O–H groups in total. The van der Waals surface area contributed by atoms with Gasteiger partial charge in [-0.3, -0.25) is 4.79 Å². The first-order valence-corrected chi connectivity index (χ1v) is 9.04. The van der Waals surface area contributed by atoms with E-state index in [9.17, 15) is 9.18 Å². The molecule has 0 spiro atoms. The van der Waals surface area contributed by atoms with Crippen LogP contribution < -0.4 is 0 Å². The number of halogens is 4. The lowest BCUT2D eigenvalue weighted by molar-refractivity contribution is -0.147. The van der Waals surface area contributed by atoms with Gasteiger partial charge in [0.05, 0.1) is 9.31 Å². The molecule has 0 heterocycles. The van der Waals surface area contributed by atoms with Gasteiger partial charge in [0, 0.05) is 9.13 Å². The van der Waals surface area contributed by atoms with Gasteiger partial charge in [0.25, 0.3) is 0 Å². The number of allylic oxidation sites excluding steroid dienone is 1. The number of esters is 1. The van der Waals surface area contributed by atoms with E-state index in [1.54, 1.807) is 18.2 Å². The molecule has 0 unspecified atom stereocenters. The summed E-state index contributed by atoms with van der Waals surface area (Å²) < 4.78 is 20.5. The van der Waals surface area contributed by atoms with Crippen LogP contribution in [-0.2, 0) is 16.1 Å². The number of benzene rings is 1. The smallest absolute Gasteiger partial charge is 0.310 e. The molecule has 0 radical (unpaired) electrons. The van der Waals surface area contributed by atoms with Crippen LogP contribution in [0.1, 0.15) is 19.4 Å². The maximum atomic E-state index is 13.8. The quantitative estimate of drug-likeness (QED) is 0.385. The monoisotopic (exact) mass is 530 g/mol. The minimum absolute atomic E-state index is 0.0278. The second kappa shape index (κ2) is 6.66. The fourth-order valence-corrected chi connectivity index (χ4v) is 3.60. The summed E-state index contributed by atoms with van der Waals surface area (Å²) in [6.07, 6.45) is 1.96. The molecule has 0 aromatic heterocycles. The van der Waals surface area contributed by atoms with Crippen LogP contribution in [0.2, 0.25) is 0 Å². The van der Waals surface area contributed by atoms with Gasteiger partial charge in [-0.2, -0.15) is 0 Å². The molecular formula is C15H14Br2FIO2. The van der Waals surface area contributed by atoms with E-state index in [1.807, 2.05) is 42.5 Å². The molecule has 1 aliphatic rings. The average molecular weight is 532 g/mol. The summed E-state index contributed by atoms with van der Waals surface area (Å²) in [5, 5.41) is 0. The Hall–Kier alpha value is 0.0500. The van der Waals surface area contributed by atoms with Crippen LogP contribution in [0.15, 0.2) is 27.7 Å². The van der Waals surface area contributed by atoms with Gasteiger partial charge in [-0.15, -0.1) is 0 Å². The lowest BCUT2D eigenvalue weighted by Gasteiger charge is -2.07. The summed E-state index contributed by atoms with van der Waals surface area (Å²) in [4.78, 5) is 12.2. The Morgan fingerprint density at radius 1 is 1.48 bits per heavy atom. The fourth-order valence-electron chi connectivity index (χ4n) is 2.47. The zero-order chi connectivity index (χ0) is 15.8. The van der Waals surface area contributed by atoms with Crippen molar-refractivity contribution in [2.45, 2.75) is 20.5 Å². The van der Waals surface area contributed by atoms with Gasteiger partial charge in [-0.25, -0.2) is 4.39 Å². The van der Waals surface area contributed by atoms with Crippen molar-refractivity contribution < 1.29 is 13.9 Å². The number of carbonyl (C=O) groups is 1. The predicted molar refractivity (Wildman–Crippen MR) is 95.6 cm³/mol. The van der Waals surface area contributed by atoms with E-state index >= 15 is 0 Å². The van der Waals surface area contributed by atoms with E-state index in [4.69, 9.17) is 4.74 Å². The van der Waals surface area contributed by atoms with Crippen molar-refractivity contribution in [3.63, 3.8) is 0 Å². The highest BCUT2D eigenvalue weighted by Gasteiger charge is 2.61. The molecular weight excluding hydrogens is 518 g/mol. The topological polar surface area (TPSA) is 26.3 Å². The molecule has 114 valence electrons. The maximum Gasteiger partial charge on any atom is 0.310 e. The Morgan fingerprint density at radius 3 is 2.76 bits per heavy atom. The summed E-state index contributed by atoms with van der Waals surface area (Å²) in [6, 6.07) is 5.07. The van der Waals surface area contributed by atoms with Crippen molar-refractivity contribution >= 4 is 60.4 Å². The Balaban J connectivity index is 2.00. The molecule has 21 heavy (non-hydrogen) atoms. The third-order valence-corrected chi connectivity index (χ3v) is 5.23. The summed E-state index contributed by atoms with van der Waals surface area (Å²) in [5.41, 5.74) is 0.274. The largest absolute Gasteiger partial charge is 0.460 e. The van der Waals surface area contributed by atoms with Crippen LogP contribution in [-0.4, -0.2) is 5.97 Å². The van der Waals surface area contributed by atoms with Gasteiger partial charge in [0.1, 0.15) is 12.4 Å². The van der Waals surface area contributed by atoms with Gasteiger partial charge < -0.3 is 4.74 Å². The normalized spacial score (nSPS) is 22.6. The highest BCUT2D eigenvalue weighted by Crippen LogP contribution is 2.60. The van der Waals surface area contributed by atoms with Crippen LogP contribution in [0.25, 0.3) is 0 Å². The molecule has 0 amide bonds. The van der Waals surface area contributed by atoms with Gasteiger partial charge in [-0.1, -0.05) is 32.1 Å². The van der Waals surface area contributed by atoms with Gasteiger partial charge >= 0.3 is 5.97 Å². The second-order valence-electron chi connectivity index (χ2n) is 5.60. The van der Waals surface area contributed by atoms with E-state index in [-0.39, 0.29) is 35.6 Å². The van der Waals surface area contributed by atoms with Crippen LogP contribution in [0.4, 0.5) is 4.39 Å². The van der Waals surface area contributed by atoms with Crippen LogP contribution in [0, 0.1) is 26.6 Å². The first-order chi connectivity index (χ1) is 9.75. The number of hydrogen-bond donors (Lipinski definition) is 0. The highest BCUT2D eigenvalue weighted by atomic mass is 127. The number of carbonyl (C=O) groups excluding carboxylic acids is 1. The van der Waals surface area contributed by atoms with E-state index in [0.717, 1.165) is 3.39 Å². The molecule has 1 aliphatic carbocycles. The molecule has 2 atom stereocenters. The molecule has 1 saturated carbocycles. The number of hydrogen-bond acceptors (Lipinski definition) is 2. The summed E-state index contributed by atoms with van der Waals surface area (Å²) in [7, 11) is 0. The van der Waals surface area contributed by atoms with Gasteiger partial charge in [0.2, 0.25) is 0 Å². The standard InChI is InChI=1S/C15H14Br2FIO2/c1-15(2)9(6-11(16)17)12(15)14(20)21-7-8-4-3-5-10(19)13(8)18/h3-6,9,12H,7H2,1-2H3/t9-,12-/m0/s1. The van der Waals surface area contributed by atoms with Crippen molar-refractivity contribution in [3.8, 4) is 0 Å². The minimum Gasteiger partial charge on any atom is -0.460 e. The number of rotatable bonds is 4. The summed E-state index contributed by atoms with van der Waals surface area (Å²) >= 11 is 8.54. The molecule has 1 fully saturated rings. The van der Waals surface area contributed by atoms with Crippen molar-refractivity contribution in [1.29, 1.82) is 0 Å². The van der Waals surface area contributed by atoms with Crippen LogP contribution in [0.3, 0.4) is 0 Å². The first-order valence-electron chi connectivity index (χ1n) is 6.37. The highest BCUT2D eigenvalue weighted by molar-refractivity contribution is 14.1. The van der Waals surface area contributed by atoms with Gasteiger partial charge in [-0.05, 0) is 71.9 Å². The molecule has 1 aromatic carbocycles. The first kappa shape index (κ1) is 17.4. The Kier molecular flexibility index (Phi) is 5.52. The zero-order valence-electron chi connectivity index (χ0n) is 11.5. The Morgan fingerprint density at radius 2 is 2.14 bits per heavy atom. The molecule has 2 rings (SSSR count). The Bertz CT molecular complexity index is 597. The van der Waals surface area contributed by atoms with E-state index in [0.29, 0.717) is 9.13 Å². The van der Waals surface area contributed by atoms with Crippen LogP contribution in [0.5, 0.6) is 0 Å². The van der Waals surface area contributed by atoms with Crippen molar-refractivity contribution in [2.75, 3.05) is 0 Å². The fraction of sp³-hybridized carbons (Fsp3) is 0.400. The summed E-state index contributed by atoms with van der Waals surface area (Å²) in [5.74, 6) is -0.658. The molecule has 0 aliphatic heterocycles. The Labute approximate surface area is 153 Å². The van der Waals surface area contributed by atoms with Crippen molar-refractivity contribution in [2.24, 2.45) is 17.3 Å². The molecule has 6 heteroatoms. The van der Waals surface area contributed by atoms with E-state index < -0.39 is 0 Å². The molecule has 1 aromatic rings. The van der Waals surface area contributed by atoms with E-state index in [1.165, 1.54) is 0 Å². The average Bonchev–Trinajstić information content (AvgIpc) is 2.91. The van der Waals surface area contributed by atoms with Crippen molar-refractivity contribution in [1.82, 2.24) is 0 Å².